The van der Waals surface area contributed by atoms with E-state index in [1.807, 2.05) is 41.8 Å². The zero-order chi connectivity index (χ0) is 9.54. The second-order valence-electron chi connectivity index (χ2n) is 3.18. The fourth-order valence-electron chi connectivity index (χ4n) is 1.73. The Morgan fingerprint density at radius 1 is 1.36 bits per heavy atom. The third-order valence-corrected chi connectivity index (χ3v) is 6.31. The number of thiophene rings is 1. The van der Waals surface area contributed by atoms with Crippen LogP contribution in [0.3, 0.4) is 0 Å². The number of hydrogen-bond acceptors (Lipinski definition) is 3. The highest BCUT2D eigenvalue weighted by atomic mass is 32.2. The van der Waals surface area contributed by atoms with Gasteiger partial charge < -0.3 is 0 Å². The molecule has 2 atom stereocenters. The molecule has 0 bridgehead atoms. The Labute approximate surface area is 96.2 Å². The standard InChI is InChI=1S/C11H8S3/c1-2-3-7-6-9-11(13-7)10-8(14-9)4-5-12-10/h4-6,9,11H,1H3. The quantitative estimate of drug-likeness (QED) is 0.626. The van der Waals surface area contributed by atoms with Crippen LogP contribution in [0.15, 0.2) is 27.3 Å². The maximum Gasteiger partial charge on any atom is 0.0613 e. The molecule has 0 radical (unpaired) electrons. The monoisotopic (exact) mass is 236 g/mol. The first-order chi connectivity index (χ1) is 6.88. The highest BCUT2D eigenvalue weighted by Gasteiger charge is 2.38. The van der Waals surface area contributed by atoms with E-state index in [0.29, 0.717) is 10.5 Å². The largest absolute Gasteiger partial charge is 0.146 e. The number of allylic oxidation sites excluding steroid dienone is 1. The smallest absolute Gasteiger partial charge is 0.0613 e. The van der Waals surface area contributed by atoms with Crippen molar-refractivity contribution in [1.29, 1.82) is 0 Å². The Morgan fingerprint density at radius 3 is 3.14 bits per heavy atom. The van der Waals surface area contributed by atoms with Gasteiger partial charge in [-0.25, -0.2) is 0 Å². The highest BCUT2D eigenvalue weighted by molar-refractivity contribution is 8.07. The van der Waals surface area contributed by atoms with E-state index in [1.54, 1.807) is 4.88 Å². The zero-order valence-electron chi connectivity index (χ0n) is 7.61. The van der Waals surface area contributed by atoms with Gasteiger partial charge in [0.25, 0.3) is 0 Å². The van der Waals surface area contributed by atoms with Gasteiger partial charge in [-0.3, -0.25) is 0 Å². The topological polar surface area (TPSA) is 0 Å². The first-order valence-electron chi connectivity index (χ1n) is 4.44. The van der Waals surface area contributed by atoms with Crippen molar-refractivity contribution >= 4 is 34.9 Å². The lowest BCUT2D eigenvalue weighted by Gasteiger charge is -2.05. The van der Waals surface area contributed by atoms with Crippen molar-refractivity contribution in [2.45, 2.75) is 22.3 Å². The van der Waals surface area contributed by atoms with Crippen LogP contribution in [0.1, 0.15) is 17.1 Å². The van der Waals surface area contributed by atoms with Gasteiger partial charge in [0.2, 0.25) is 0 Å². The van der Waals surface area contributed by atoms with E-state index in [4.69, 9.17) is 0 Å². The van der Waals surface area contributed by atoms with Gasteiger partial charge in [-0.1, -0.05) is 5.92 Å². The summed E-state index contributed by atoms with van der Waals surface area (Å²) in [7, 11) is 0. The molecule has 0 amide bonds. The SMILES string of the molecule is CC#CC1=CC2Sc3ccsc3C2S1. The minimum Gasteiger partial charge on any atom is -0.146 e. The van der Waals surface area contributed by atoms with Crippen LogP contribution in [0.5, 0.6) is 0 Å². The van der Waals surface area contributed by atoms with Gasteiger partial charge >= 0.3 is 0 Å². The predicted molar refractivity (Wildman–Crippen MR) is 65.8 cm³/mol. The van der Waals surface area contributed by atoms with E-state index in [2.05, 4.69) is 29.4 Å². The Morgan fingerprint density at radius 2 is 2.29 bits per heavy atom. The van der Waals surface area contributed by atoms with Crippen LogP contribution in [0.25, 0.3) is 0 Å². The second-order valence-corrected chi connectivity index (χ2v) is 6.53. The molecule has 1 aromatic rings. The molecule has 1 aromatic heterocycles. The average Bonchev–Trinajstić information content (AvgIpc) is 2.75. The normalized spacial score (nSPS) is 27.6. The van der Waals surface area contributed by atoms with Crippen LogP contribution in [-0.4, -0.2) is 5.25 Å². The minimum absolute atomic E-state index is 0.637. The molecule has 2 aliphatic heterocycles. The molecule has 2 unspecified atom stereocenters. The molecule has 70 valence electrons. The minimum atomic E-state index is 0.637. The molecule has 3 heteroatoms. The van der Waals surface area contributed by atoms with Crippen molar-refractivity contribution in [2.75, 3.05) is 0 Å². The molecular weight excluding hydrogens is 228 g/mol. The van der Waals surface area contributed by atoms with Crippen molar-refractivity contribution in [3.05, 3.63) is 27.3 Å². The van der Waals surface area contributed by atoms with Gasteiger partial charge in [0.1, 0.15) is 0 Å². The zero-order valence-corrected chi connectivity index (χ0v) is 10.1. The Kier molecular flexibility index (Phi) is 2.16. The first-order valence-corrected chi connectivity index (χ1v) is 7.07. The molecule has 14 heavy (non-hydrogen) atoms. The molecular formula is C11H8S3. The fourth-order valence-corrected chi connectivity index (χ4v) is 6.07. The summed E-state index contributed by atoms with van der Waals surface area (Å²) >= 11 is 5.80. The Hall–Kier alpha value is -0.300. The summed E-state index contributed by atoms with van der Waals surface area (Å²) in [5, 5.41) is 3.47. The summed E-state index contributed by atoms with van der Waals surface area (Å²) < 4.78 is 0. The lowest BCUT2D eigenvalue weighted by molar-refractivity contribution is 1.05. The first kappa shape index (κ1) is 8.96. The third kappa shape index (κ3) is 1.25. The maximum absolute atomic E-state index is 3.16. The molecule has 0 saturated carbocycles. The van der Waals surface area contributed by atoms with Crippen molar-refractivity contribution in [3.63, 3.8) is 0 Å². The molecule has 0 fully saturated rings. The van der Waals surface area contributed by atoms with Gasteiger partial charge in [0.05, 0.1) is 10.2 Å². The molecule has 3 rings (SSSR count). The number of rotatable bonds is 0. The summed E-state index contributed by atoms with van der Waals surface area (Å²) in [6.07, 6.45) is 2.32. The predicted octanol–water partition coefficient (Wildman–Crippen LogP) is 3.92. The molecule has 0 spiro atoms. The van der Waals surface area contributed by atoms with E-state index in [1.165, 1.54) is 9.80 Å². The Balaban J connectivity index is 1.93. The number of thioether (sulfide) groups is 2. The fraction of sp³-hybridized carbons (Fsp3) is 0.273. The molecule has 2 aliphatic rings. The molecule has 0 nitrogen and oxygen atoms in total. The number of fused-ring (bicyclic) bond motifs is 3. The van der Waals surface area contributed by atoms with Gasteiger partial charge in [-0.15, -0.1) is 40.8 Å². The summed E-state index contributed by atoms with van der Waals surface area (Å²) in [6, 6.07) is 2.24. The molecule has 0 aromatic carbocycles. The van der Waals surface area contributed by atoms with Crippen LogP contribution >= 0.6 is 34.9 Å². The van der Waals surface area contributed by atoms with E-state index < -0.39 is 0 Å². The second kappa shape index (κ2) is 3.37. The van der Waals surface area contributed by atoms with Gasteiger partial charge in [-0.2, -0.15) is 0 Å². The van der Waals surface area contributed by atoms with Gasteiger partial charge in [0, 0.05) is 15.0 Å². The van der Waals surface area contributed by atoms with Crippen molar-refractivity contribution in [3.8, 4) is 11.8 Å². The summed E-state index contributed by atoms with van der Waals surface area (Å²) in [5.41, 5.74) is 0. The van der Waals surface area contributed by atoms with Crippen LogP contribution in [-0.2, 0) is 0 Å². The summed E-state index contributed by atoms with van der Waals surface area (Å²) in [6.45, 7) is 1.90. The van der Waals surface area contributed by atoms with Crippen LogP contribution < -0.4 is 0 Å². The molecule has 0 N–H and O–H groups in total. The molecule has 0 aliphatic carbocycles. The van der Waals surface area contributed by atoms with Crippen LogP contribution in [0.4, 0.5) is 0 Å². The van der Waals surface area contributed by atoms with Gasteiger partial charge in [0.15, 0.2) is 0 Å². The lowest BCUT2D eigenvalue weighted by Crippen LogP contribution is -1.95. The molecule has 0 saturated heterocycles. The summed E-state index contributed by atoms with van der Waals surface area (Å²) in [5.74, 6) is 6.13. The van der Waals surface area contributed by atoms with E-state index >= 15 is 0 Å². The lowest BCUT2D eigenvalue weighted by atomic mass is 10.2. The van der Waals surface area contributed by atoms with E-state index in [9.17, 15) is 0 Å². The van der Waals surface area contributed by atoms with Crippen molar-refractivity contribution < 1.29 is 0 Å². The van der Waals surface area contributed by atoms with Crippen LogP contribution in [0.2, 0.25) is 0 Å². The molecule has 3 heterocycles. The maximum atomic E-state index is 3.16. The number of hydrogen-bond donors (Lipinski definition) is 0. The average molecular weight is 236 g/mol. The highest BCUT2D eigenvalue weighted by Crippen LogP contribution is 2.59. The van der Waals surface area contributed by atoms with Crippen molar-refractivity contribution in [1.82, 2.24) is 0 Å². The third-order valence-electron chi connectivity index (χ3n) is 2.29. The summed E-state index contributed by atoms with van der Waals surface area (Å²) in [4.78, 5) is 4.29. The Bertz CT molecular complexity index is 458. The van der Waals surface area contributed by atoms with Crippen LogP contribution in [0, 0.1) is 11.8 Å². The van der Waals surface area contributed by atoms with Crippen molar-refractivity contribution in [2.24, 2.45) is 0 Å². The van der Waals surface area contributed by atoms with Gasteiger partial charge in [-0.05, 0) is 24.4 Å². The van der Waals surface area contributed by atoms with E-state index in [0.717, 1.165) is 0 Å². The van der Waals surface area contributed by atoms with E-state index in [-0.39, 0.29) is 0 Å².